The largest absolute Gasteiger partial charge is 0.0654 e. The Labute approximate surface area is 116 Å². The van der Waals surface area contributed by atoms with Crippen LogP contribution in [0.5, 0.6) is 0 Å². The zero-order valence-corrected chi connectivity index (χ0v) is 12.9. The molecule has 0 amide bonds. The Balaban J connectivity index is 1.73. The molecule has 0 atom stereocenters. The van der Waals surface area contributed by atoms with E-state index in [0.717, 1.165) is 5.92 Å². The van der Waals surface area contributed by atoms with E-state index >= 15 is 0 Å². The third-order valence-corrected chi connectivity index (χ3v) is 4.69. The highest BCUT2D eigenvalue weighted by Crippen LogP contribution is 2.28. The molecule has 0 heteroatoms. The Kier molecular flexibility index (Phi) is 10.8. The Bertz CT molecular complexity index is 155. The molecule has 0 bridgehead atoms. The van der Waals surface area contributed by atoms with Gasteiger partial charge in [0.15, 0.2) is 0 Å². The number of hydrogen-bond acceptors (Lipinski definition) is 0. The van der Waals surface area contributed by atoms with Crippen molar-refractivity contribution in [2.75, 3.05) is 0 Å². The van der Waals surface area contributed by atoms with Gasteiger partial charge in [-0.2, -0.15) is 0 Å². The summed E-state index contributed by atoms with van der Waals surface area (Å²) in [5.41, 5.74) is 0. The van der Waals surface area contributed by atoms with Crippen LogP contribution in [0.25, 0.3) is 0 Å². The second-order valence-electron chi connectivity index (χ2n) is 6.47. The van der Waals surface area contributed by atoms with Crippen LogP contribution in [-0.2, 0) is 0 Å². The standard InChI is InChI=1S/C18H36/c1-2-3-4-5-6-7-8-9-10-12-15-18-16-13-11-14-17-18/h18H,2-17H2,1H3. The van der Waals surface area contributed by atoms with Crippen molar-refractivity contribution in [3.63, 3.8) is 0 Å². The van der Waals surface area contributed by atoms with E-state index in [1.165, 1.54) is 103 Å². The van der Waals surface area contributed by atoms with Crippen molar-refractivity contribution in [1.82, 2.24) is 0 Å². The second-order valence-corrected chi connectivity index (χ2v) is 6.47. The van der Waals surface area contributed by atoms with E-state index < -0.39 is 0 Å². The van der Waals surface area contributed by atoms with Crippen molar-refractivity contribution in [2.45, 2.75) is 110 Å². The molecule has 0 radical (unpaired) electrons. The van der Waals surface area contributed by atoms with Crippen LogP contribution < -0.4 is 0 Å². The lowest BCUT2D eigenvalue weighted by Crippen LogP contribution is -2.05. The molecule has 18 heavy (non-hydrogen) atoms. The van der Waals surface area contributed by atoms with Gasteiger partial charge in [-0.15, -0.1) is 0 Å². The molecule has 108 valence electrons. The summed E-state index contributed by atoms with van der Waals surface area (Å²) in [5, 5.41) is 0. The molecule has 1 rings (SSSR count). The van der Waals surface area contributed by atoms with Gasteiger partial charge < -0.3 is 0 Å². The number of hydrogen-bond donors (Lipinski definition) is 0. The molecule has 0 aromatic heterocycles. The second kappa shape index (κ2) is 12.1. The third-order valence-electron chi connectivity index (χ3n) is 4.69. The molecule has 0 saturated heterocycles. The van der Waals surface area contributed by atoms with E-state index in [-0.39, 0.29) is 0 Å². The fourth-order valence-corrected chi connectivity index (χ4v) is 3.40. The van der Waals surface area contributed by atoms with Gasteiger partial charge in [0.25, 0.3) is 0 Å². The highest BCUT2D eigenvalue weighted by atomic mass is 14.2. The van der Waals surface area contributed by atoms with Gasteiger partial charge in [-0.1, -0.05) is 110 Å². The van der Waals surface area contributed by atoms with Crippen LogP contribution in [0.2, 0.25) is 0 Å². The summed E-state index contributed by atoms with van der Waals surface area (Å²) in [6.45, 7) is 2.30. The third kappa shape index (κ3) is 9.00. The van der Waals surface area contributed by atoms with Crippen molar-refractivity contribution in [2.24, 2.45) is 5.92 Å². The van der Waals surface area contributed by atoms with Gasteiger partial charge in [0.05, 0.1) is 0 Å². The van der Waals surface area contributed by atoms with Gasteiger partial charge in [-0.3, -0.25) is 0 Å². The summed E-state index contributed by atoms with van der Waals surface area (Å²) in [5.74, 6) is 1.10. The fraction of sp³-hybridized carbons (Fsp3) is 1.00. The first-order chi connectivity index (χ1) is 8.93. The van der Waals surface area contributed by atoms with Crippen molar-refractivity contribution < 1.29 is 0 Å². The van der Waals surface area contributed by atoms with Crippen molar-refractivity contribution in [3.05, 3.63) is 0 Å². The maximum Gasteiger partial charge on any atom is -0.0414 e. The molecule has 0 nitrogen and oxygen atoms in total. The lowest BCUT2D eigenvalue weighted by Gasteiger charge is -2.21. The zero-order chi connectivity index (χ0) is 12.9. The lowest BCUT2D eigenvalue weighted by atomic mass is 9.85. The van der Waals surface area contributed by atoms with E-state index in [2.05, 4.69) is 6.92 Å². The van der Waals surface area contributed by atoms with E-state index in [0.29, 0.717) is 0 Å². The van der Waals surface area contributed by atoms with Gasteiger partial charge in [-0.25, -0.2) is 0 Å². The summed E-state index contributed by atoms with van der Waals surface area (Å²) in [7, 11) is 0. The van der Waals surface area contributed by atoms with E-state index in [4.69, 9.17) is 0 Å². The molecule has 0 spiro atoms. The first-order valence-electron chi connectivity index (χ1n) is 8.93. The quantitative estimate of drug-likeness (QED) is 0.352. The predicted octanol–water partition coefficient (Wildman–Crippen LogP) is 6.88. The molecule has 0 aromatic carbocycles. The summed E-state index contributed by atoms with van der Waals surface area (Å²) in [6, 6.07) is 0. The molecule has 0 N–H and O–H groups in total. The van der Waals surface area contributed by atoms with E-state index in [1.807, 2.05) is 0 Å². The molecule has 1 saturated carbocycles. The van der Waals surface area contributed by atoms with Crippen LogP contribution in [0.4, 0.5) is 0 Å². The average Bonchev–Trinajstić information content (AvgIpc) is 2.42. The summed E-state index contributed by atoms with van der Waals surface area (Å²) >= 11 is 0. The van der Waals surface area contributed by atoms with Gasteiger partial charge in [-0.05, 0) is 5.92 Å². The topological polar surface area (TPSA) is 0 Å². The monoisotopic (exact) mass is 252 g/mol. The Morgan fingerprint density at radius 2 is 1.11 bits per heavy atom. The van der Waals surface area contributed by atoms with Crippen LogP contribution in [0, 0.1) is 5.92 Å². The van der Waals surface area contributed by atoms with Crippen LogP contribution in [0.15, 0.2) is 0 Å². The molecule has 0 aromatic rings. The van der Waals surface area contributed by atoms with Crippen LogP contribution >= 0.6 is 0 Å². The average molecular weight is 252 g/mol. The molecular formula is C18H36. The van der Waals surface area contributed by atoms with E-state index in [1.54, 1.807) is 0 Å². The minimum Gasteiger partial charge on any atom is -0.0654 e. The molecule has 1 aliphatic carbocycles. The molecule has 0 heterocycles. The molecule has 0 unspecified atom stereocenters. The maximum absolute atomic E-state index is 2.30. The summed E-state index contributed by atoms with van der Waals surface area (Å²) in [6.07, 6.45) is 23.9. The van der Waals surface area contributed by atoms with Crippen molar-refractivity contribution >= 4 is 0 Å². The molecule has 0 aliphatic heterocycles. The first kappa shape index (κ1) is 16.1. The minimum absolute atomic E-state index is 1.10. The Morgan fingerprint density at radius 3 is 1.67 bits per heavy atom. The van der Waals surface area contributed by atoms with Gasteiger partial charge in [0.1, 0.15) is 0 Å². The zero-order valence-electron chi connectivity index (χ0n) is 12.9. The normalized spacial score (nSPS) is 17.2. The van der Waals surface area contributed by atoms with Gasteiger partial charge >= 0.3 is 0 Å². The smallest absolute Gasteiger partial charge is 0.0414 e. The van der Waals surface area contributed by atoms with Gasteiger partial charge in [0, 0.05) is 0 Å². The number of unbranched alkanes of at least 4 members (excludes halogenated alkanes) is 9. The predicted molar refractivity (Wildman–Crippen MR) is 83.0 cm³/mol. The summed E-state index contributed by atoms with van der Waals surface area (Å²) in [4.78, 5) is 0. The van der Waals surface area contributed by atoms with Crippen molar-refractivity contribution in [3.8, 4) is 0 Å². The van der Waals surface area contributed by atoms with Crippen LogP contribution in [-0.4, -0.2) is 0 Å². The Morgan fingerprint density at radius 1 is 0.611 bits per heavy atom. The van der Waals surface area contributed by atoms with Crippen LogP contribution in [0.3, 0.4) is 0 Å². The highest BCUT2D eigenvalue weighted by Gasteiger charge is 2.12. The lowest BCUT2D eigenvalue weighted by molar-refractivity contribution is 0.328. The Hall–Kier alpha value is 0. The molecule has 1 fully saturated rings. The summed E-state index contributed by atoms with van der Waals surface area (Å²) < 4.78 is 0. The first-order valence-corrected chi connectivity index (χ1v) is 8.93. The van der Waals surface area contributed by atoms with Crippen molar-refractivity contribution in [1.29, 1.82) is 0 Å². The fourth-order valence-electron chi connectivity index (χ4n) is 3.40. The van der Waals surface area contributed by atoms with E-state index in [9.17, 15) is 0 Å². The SMILES string of the molecule is CCCCCCCCCCCCC1CCCCC1. The molecular weight excluding hydrogens is 216 g/mol. The van der Waals surface area contributed by atoms with Crippen LogP contribution in [0.1, 0.15) is 110 Å². The minimum atomic E-state index is 1.10. The highest BCUT2D eigenvalue weighted by molar-refractivity contribution is 4.65. The number of rotatable bonds is 11. The maximum atomic E-state index is 2.30. The van der Waals surface area contributed by atoms with Gasteiger partial charge in [0.2, 0.25) is 0 Å². The molecule has 1 aliphatic rings.